The first-order chi connectivity index (χ1) is 15.2. The van der Waals surface area contributed by atoms with Crippen LogP contribution in [0.1, 0.15) is 22.3 Å². The zero-order valence-corrected chi connectivity index (χ0v) is 18.2. The summed E-state index contributed by atoms with van der Waals surface area (Å²) >= 11 is 0. The van der Waals surface area contributed by atoms with Crippen LogP contribution in [0.2, 0.25) is 0 Å². The molecule has 4 heteroatoms. The predicted octanol–water partition coefficient (Wildman–Crippen LogP) is 3.82. The molecule has 4 nitrogen and oxygen atoms in total. The summed E-state index contributed by atoms with van der Waals surface area (Å²) in [6.45, 7) is 2.52. The largest absolute Gasteiger partial charge is 0.491 e. The first-order valence-corrected chi connectivity index (χ1v) is 11.1. The number of likely N-dealkylation sites (N-methyl/N-ethyl adjacent to an activating group) is 1. The lowest BCUT2D eigenvalue weighted by Crippen LogP contribution is -2.32. The third kappa shape index (κ3) is 6.41. The van der Waals surface area contributed by atoms with Crippen molar-refractivity contribution in [2.75, 3.05) is 20.2 Å². The Morgan fingerprint density at radius 3 is 2.23 bits per heavy atom. The molecule has 1 aliphatic rings. The molecular weight excluding hydrogens is 384 g/mol. The molecular formula is C27H32N2O2. The van der Waals surface area contributed by atoms with E-state index in [0.29, 0.717) is 12.6 Å². The molecule has 0 fully saturated rings. The van der Waals surface area contributed by atoms with Crippen molar-refractivity contribution in [1.82, 2.24) is 10.2 Å². The monoisotopic (exact) mass is 416 g/mol. The van der Waals surface area contributed by atoms with E-state index in [1.54, 1.807) is 0 Å². The summed E-state index contributed by atoms with van der Waals surface area (Å²) in [5.74, 6) is 0.793. The van der Waals surface area contributed by atoms with E-state index in [1.807, 2.05) is 37.4 Å². The van der Waals surface area contributed by atoms with Crippen molar-refractivity contribution in [3.05, 3.63) is 101 Å². The van der Waals surface area contributed by atoms with E-state index >= 15 is 0 Å². The lowest BCUT2D eigenvalue weighted by Gasteiger charge is -2.21. The van der Waals surface area contributed by atoms with Gasteiger partial charge in [-0.1, -0.05) is 66.7 Å². The smallest absolute Gasteiger partial charge is 0.119 e. The number of hydrogen-bond acceptors (Lipinski definition) is 4. The number of ether oxygens (including phenoxy) is 1. The molecule has 3 aromatic carbocycles. The lowest BCUT2D eigenvalue weighted by atomic mass is 10.1. The molecule has 2 N–H and O–H groups in total. The molecule has 0 saturated carbocycles. The van der Waals surface area contributed by atoms with E-state index in [9.17, 15) is 5.11 Å². The highest BCUT2D eigenvalue weighted by Gasteiger charge is 2.20. The van der Waals surface area contributed by atoms with Crippen LogP contribution in [-0.2, 0) is 25.9 Å². The van der Waals surface area contributed by atoms with Gasteiger partial charge in [0.15, 0.2) is 0 Å². The number of fused-ring (bicyclic) bond motifs is 1. The summed E-state index contributed by atoms with van der Waals surface area (Å²) in [6.07, 6.45) is 1.68. The Morgan fingerprint density at radius 1 is 0.903 bits per heavy atom. The number of benzene rings is 3. The summed E-state index contributed by atoms with van der Waals surface area (Å²) in [5, 5.41) is 14.0. The molecule has 0 aliphatic heterocycles. The van der Waals surface area contributed by atoms with E-state index in [2.05, 4.69) is 58.7 Å². The fourth-order valence-corrected chi connectivity index (χ4v) is 4.23. The molecule has 1 aliphatic carbocycles. The number of rotatable bonds is 10. The minimum Gasteiger partial charge on any atom is -0.491 e. The molecule has 0 radical (unpaired) electrons. The minimum absolute atomic E-state index is 0.289. The number of hydrogen-bond donors (Lipinski definition) is 2. The molecule has 0 amide bonds. The zero-order chi connectivity index (χ0) is 21.5. The molecule has 0 spiro atoms. The lowest BCUT2D eigenvalue weighted by molar-refractivity contribution is 0.0744. The van der Waals surface area contributed by atoms with Crippen LogP contribution in [0.4, 0.5) is 0 Å². The van der Waals surface area contributed by atoms with Crippen LogP contribution >= 0.6 is 0 Å². The highest BCUT2D eigenvalue weighted by molar-refractivity contribution is 5.33. The summed E-state index contributed by atoms with van der Waals surface area (Å²) in [4.78, 5) is 2.11. The Balaban J connectivity index is 1.16. The number of aliphatic hydroxyl groups excluding tert-OH is 1. The number of aliphatic hydroxyl groups is 1. The van der Waals surface area contributed by atoms with Crippen LogP contribution in [0, 0.1) is 0 Å². The maximum absolute atomic E-state index is 10.3. The Kier molecular flexibility index (Phi) is 7.36. The highest BCUT2D eigenvalue weighted by atomic mass is 16.5. The van der Waals surface area contributed by atoms with E-state index in [1.165, 1.54) is 22.3 Å². The topological polar surface area (TPSA) is 44.7 Å². The maximum Gasteiger partial charge on any atom is 0.119 e. The third-order valence-electron chi connectivity index (χ3n) is 5.83. The summed E-state index contributed by atoms with van der Waals surface area (Å²) in [7, 11) is 2.01. The fourth-order valence-electron chi connectivity index (χ4n) is 4.23. The Bertz CT molecular complexity index is 918. The third-order valence-corrected chi connectivity index (χ3v) is 5.83. The van der Waals surface area contributed by atoms with Gasteiger partial charge in [-0.15, -0.1) is 0 Å². The van der Waals surface area contributed by atoms with Gasteiger partial charge in [-0.25, -0.2) is 0 Å². The average Bonchev–Trinajstić information content (AvgIpc) is 3.21. The highest BCUT2D eigenvalue weighted by Crippen LogP contribution is 2.22. The van der Waals surface area contributed by atoms with Gasteiger partial charge in [0, 0.05) is 25.7 Å². The van der Waals surface area contributed by atoms with Crippen molar-refractivity contribution < 1.29 is 9.84 Å². The van der Waals surface area contributed by atoms with Gasteiger partial charge in [-0.3, -0.25) is 4.90 Å². The normalized spacial score (nSPS) is 14.5. The van der Waals surface area contributed by atoms with Crippen LogP contribution in [-0.4, -0.2) is 42.4 Å². The van der Waals surface area contributed by atoms with Gasteiger partial charge in [-0.2, -0.15) is 0 Å². The van der Waals surface area contributed by atoms with Gasteiger partial charge in [-0.05, 0) is 54.3 Å². The fraction of sp³-hybridized carbons (Fsp3) is 0.333. The zero-order valence-electron chi connectivity index (χ0n) is 18.2. The van der Waals surface area contributed by atoms with Crippen molar-refractivity contribution in [1.29, 1.82) is 0 Å². The second-order valence-corrected chi connectivity index (χ2v) is 8.55. The number of nitrogens with one attached hydrogen (secondary N) is 1. The second kappa shape index (κ2) is 10.6. The van der Waals surface area contributed by atoms with Gasteiger partial charge in [0.2, 0.25) is 0 Å². The van der Waals surface area contributed by atoms with E-state index in [4.69, 9.17) is 4.74 Å². The summed E-state index contributed by atoms with van der Waals surface area (Å²) in [6, 6.07) is 27.7. The van der Waals surface area contributed by atoms with E-state index in [0.717, 1.165) is 31.7 Å². The van der Waals surface area contributed by atoms with E-state index < -0.39 is 6.10 Å². The van der Waals surface area contributed by atoms with Crippen LogP contribution in [0.5, 0.6) is 5.75 Å². The molecule has 1 atom stereocenters. The minimum atomic E-state index is -0.529. The van der Waals surface area contributed by atoms with Crippen molar-refractivity contribution in [3.8, 4) is 5.75 Å². The van der Waals surface area contributed by atoms with Gasteiger partial charge in [0.1, 0.15) is 18.5 Å². The van der Waals surface area contributed by atoms with Crippen molar-refractivity contribution in [3.63, 3.8) is 0 Å². The molecule has 0 unspecified atom stereocenters. The quantitative estimate of drug-likeness (QED) is 0.528. The standard InChI is InChI=1S/C27H32N2O2/c1-29(18-22-7-3-2-4-8-22)19-26(30)20-31-27-13-11-21(12-14-27)17-28-25-15-23-9-5-6-10-24(23)16-25/h2-14,25-26,28,30H,15-20H2,1H3/t26-/m1/s1. The summed E-state index contributed by atoms with van der Waals surface area (Å²) in [5.41, 5.74) is 5.42. The Morgan fingerprint density at radius 2 is 1.55 bits per heavy atom. The molecule has 0 aromatic heterocycles. The van der Waals surface area contributed by atoms with Crippen LogP contribution in [0.25, 0.3) is 0 Å². The number of nitrogens with zero attached hydrogens (tertiary/aromatic N) is 1. The molecule has 3 aromatic rings. The van der Waals surface area contributed by atoms with Crippen molar-refractivity contribution in [2.24, 2.45) is 0 Å². The molecule has 0 heterocycles. The van der Waals surface area contributed by atoms with Crippen molar-refractivity contribution >= 4 is 0 Å². The first-order valence-electron chi connectivity index (χ1n) is 11.1. The van der Waals surface area contributed by atoms with Crippen LogP contribution in [0.15, 0.2) is 78.9 Å². The Hall–Kier alpha value is -2.66. The van der Waals surface area contributed by atoms with Crippen LogP contribution in [0.3, 0.4) is 0 Å². The van der Waals surface area contributed by atoms with Gasteiger partial charge in [0.25, 0.3) is 0 Å². The van der Waals surface area contributed by atoms with Gasteiger partial charge in [0.05, 0.1) is 0 Å². The summed E-state index contributed by atoms with van der Waals surface area (Å²) < 4.78 is 5.80. The first kappa shape index (κ1) is 21.6. The SMILES string of the molecule is CN(Cc1ccccc1)C[C@@H](O)COc1ccc(CNC2Cc3ccccc3C2)cc1. The van der Waals surface area contributed by atoms with Crippen LogP contribution < -0.4 is 10.1 Å². The Labute approximate surface area is 185 Å². The molecule has 0 saturated heterocycles. The van der Waals surface area contributed by atoms with Crippen molar-refractivity contribution in [2.45, 2.75) is 38.1 Å². The molecule has 162 valence electrons. The molecule has 31 heavy (non-hydrogen) atoms. The maximum atomic E-state index is 10.3. The molecule has 4 rings (SSSR count). The van der Waals surface area contributed by atoms with Gasteiger partial charge >= 0.3 is 0 Å². The average molecular weight is 417 g/mol. The second-order valence-electron chi connectivity index (χ2n) is 8.55. The van der Waals surface area contributed by atoms with Gasteiger partial charge < -0.3 is 15.2 Å². The predicted molar refractivity (Wildman–Crippen MR) is 125 cm³/mol. The molecule has 0 bridgehead atoms. The van der Waals surface area contributed by atoms with E-state index in [-0.39, 0.29) is 6.61 Å².